The van der Waals surface area contributed by atoms with Crippen LogP contribution in [0.15, 0.2) is 24.3 Å². The van der Waals surface area contributed by atoms with Gasteiger partial charge in [-0.15, -0.1) is 0 Å². The lowest BCUT2D eigenvalue weighted by atomic mass is 10.1. The number of aromatic amines is 1. The van der Waals surface area contributed by atoms with Crippen LogP contribution in [0, 0.1) is 17.6 Å². The number of H-pyrrole nitrogens is 1. The van der Waals surface area contributed by atoms with Crippen LogP contribution < -0.4 is 5.32 Å². The number of carbonyl (C=O) groups is 2. The standard InChI is InChI=1S/C20H19F2N5O3/c21-12-5-15(22)14-8-17(23-16(14)6-12)20(29)26-2-3-27-13(9-26)7-18(25-27)24-19(28)11-1-4-30-10-11/h5-8,11,23H,1-4,9-10H2,(H,24,25,28). The lowest BCUT2D eigenvalue weighted by molar-refractivity contribution is -0.119. The van der Waals surface area contributed by atoms with Gasteiger partial charge in [0.05, 0.1) is 36.8 Å². The monoisotopic (exact) mass is 415 g/mol. The number of aromatic nitrogens is 3. The molecule has 0 saturated carbocycles. The third kappa shape index (κ3) is 3.32. The molecule has 2 aliphatic heterocycles. The summed E-state index contributed by atoms with van der Waals surface area (Å²) in [6.45, 7) is 2.16. The number of nitrogens with zero attached hydrogens (tertiary/aromatic N) is 3. The molecule has 1 fully saturated rings. The molecule has 10 heteroatoms. The first-order valence-corrected chi connectivity index (χ1v) is 9.70. The normalized spacial score (nSPS) is 18.6. The van der Waals surface area contributed by atoms with Crippen LogP contribution in [0.4, 0.5) is 14.6 Å². The van der Waals surface area contributed by atoms with Gasteiger partial charge in [0.25, 0.3) is 5.91 Å². The Labute approximate surface area is 169 Å². The van der Waals surface area contributed by atoms with Crippen molar-refractivity contribution in [3.63, 3.8) is 0 Å². The highest BCUT2D eigenvalue weighted by atomic mass is 19.1. The number of halogens is 2. The second kappa shape index (κ2) is 7.21. The van der Waals surface area contributed by atoms with Crippen LogP contribution in [0.3, 0.4) is 0 Å². The summed E-state index contributed by atoms with van der Waals surface area (Å²) in [7, 11) is 0. The van der Waals surface area contributed by atoms with Crippen LogP contribution in [0.5, 0.6) is 0 Å². The molecule has 1 unspecified atom stereocenters. The Morgan fingerprint density at radius 1 is 1.20 bits per heavy atom. The number of amides is 2. The molecule has 8 nitrogen and oxygen atoms in total. The zero-order chi connectivity index (χ0) is 20.8. The van der Waals surface area contributed by atoms with Crippen molar-refractivity contribution in [1.29, 1.82) is 0 Å². The predicted octanol–water partition coefficient (Wildman–Crippen LogP) is 2.27. The van der Waals surface area contributed by atoms with Crippen LogP contribution in [0.2, 0.25) is 0 Å². The minimum Gasteiger partial charge on any atom is -0.381 e. The van der Waals surface area contributed by atoms with Crippen molar-refractivity contribution in [2.24, 2.45) is 5.92 Å². The quantitative estimate of drug-likeness (QED) is 0.687. The van der Waals surface area contributed by atoms with Crippen molar-refractivity contribution in [2.75, 3.05) is 25.1 Å². The van der Waals surface area contributed by atoms with Gasteiger partial charge in [0.2, 0.25) is 5.91 Å². The smallest absolute Gasteiger partial charge is 0.270 e. The number of anilines is 1. The first-order chi connectivity index (χ1) is 14.5. The van der Waals surface area contributed by atoms with Gasteiger partial charge in [-0.3, -0.25) is 14.3 Å². The van der Waals surface area contributed by atoms with Gasteiger partial charge in [0, 0.05) is 30.7 Å². The number of ether oxygens (including phenoxy) is 1. The molecule has 0 spiro atoms. The topological polar surface area (TPSA) is 92.3 Å². The molecule has 0 radical (unpaired) electrons. The fourth-order valence-electron chi connectivity index (χ4n) is 3.92. The highest BCUT2D eigenvalue weighted by Crippen LogP contribution is 2.24. The van der Waals surface area contributed by atoms with E-state index in [0.717, 1.165) is 17.8 Å². The Balaban J connectivity index is 1.31. The molecule has 5 rings (SSSR count). The van der Waals surface area contributed by atoms with Gasteiger partial charge in [-0.1, -0.05) is 0 Å². The fourth-order valence-corrected chi connectivity index (χ4v) is 3.92. The highest BCUT2D eigenvalue weighted by Gasteiger charge is 2.27. The molecule has 1 aromatic carbocycles. The van der Waals surface area contributed by atoms with Gasteiger partial charge in [0.15, 0.2) is 5.82 Å². The van der Waals surface area contributed by atoms with Gasteiger partial charge in [0.1, 0.15) is 17.3 Å². The van der Waals surface area contributed by atoms with Crippen LogP contribution in [0.25, 0.3) is 10.9 Å². The molecule has 0 aliphatic carbocycles. The zero-order valence-corrected chi connectivity index (χ0v) is 16.0. The van der Waals surface area contributed by atoms with Crippen molar-refractivity contribution in [3.8, 4) is 0 Å². The van der Waals surface area contributed by atoms with E-state index in [0.29, 0.717) is 45.1 Å². The number of benzene rings is 1. The lowest BCUT2D eigenvalue weighted by Gasteiger charge is -2.27. The van der Waals surface area contributed by atoms with Crippen molar-refractivity contribution >= 4 is 28.5 Å². The Hall–Kier alpha value is -3.27. The molecular formula is C20H19F2N5O3. The van der Waals surface area contributed by atoms with Gasteiger partial charge in [-0.2, -0.15) is 5.10 Å². The van der Waals surface area contributed by atoms with Gasteiger partial charge >= 0.3 is 0 Å². The second-order valence-corrected chi connectivity index (χ2v) is 7.55. The summed E-state index contributed by atoms with van der Waals surface area (Å²) in [6, 6.07) is 5.09. The minimum atomic E-state index is -0.718. The third-order valence-electron chi connectivity index (χ3n) is 5.52. The molecule has 2 N–H and O–H groups in total. The number of carbonyl (C=O) groups excluding carboxylic acids is 2. The van der Waals surface area contributed by atoms with Crippen molar-refractivity contribution in [2.45, 2.75) is 19.5 Å². The number of hydrogen-bond donors (Lipinski definition) is 2. The lowest BCUT2D eigenvalue weighted by Crippen LogP contribution is -2.38. The number of nitrogens with one attached hydrogen (secondary N) is 2. The minimum absolute atomic E-state index is 0.122. The van der Waals surface area contributed by atoms with Crippen molar-refractivity contribution in [1.82, 2.24) is 19.7 Å². The number of hydrogen-bond acceptors (Lipinski definition) is 4. The average molecular weight is 415 g/mol. The summed E-state index contributed by atoms with van der Waals surface area (Å²) >= 11 is 0. The van der Waals surface area contributed by atoms with E-state index in [1.807, 2.05) is 0 Å². The maximum absolute atomic E-state index is 13.9. The van der Waals surface area contributed by atoms with Crippen LogP contribution in [-0.2, 0) is 22.6 Å². The predicted molar refractivity (Wildman–Crippen MR) is 103 cm³/mol. The molecule has 3 aromatic rings. The van der Waals surface area contributed by atoms with E-state index in [4.69, 9.17) is 4.74 Å². The van der Waals surface area contributed by atoms with Crippen LogP contribution in [0.1, 0.15) is 22.6 Å². The van der Waals surface area contributed by atoms with Gasteiger partial charge in [-0.25, -0.2) is 8.78 Å². The van der Waals surface area contributed by atoms with E-state index >= 15 is 0 Å². The molecule has 1 atom stereocenters. The molecule has 156 valence electrons. The Morgan fingerprint density at radius 3 is 2.87 bits per heavy atom. The third-order valence-corrected chi connectivity index (χ3v) is 5.52. The molecule has 2 aromatic heterocycles. The van der Waals surface area contributed by atoms with Crippen molar-refractivity contribution < 1.29 is 23.1 Å². The molecule has 4 heterocycles. The maximum atomic E-state index is 13.9. The summed E-state index contributed by atoms with van der Waals surface area (Å²) in [4.78, 5) is 29.6. The fraction of sp³-hybridized carbons (Fsp3) is 0.350. The first-order valence-electron chi connectivity index (χ1n) is 9.70. The Kier molecular flexibility index (Phi) is 4.50. The Morgan fingerprint density at radius 2 is 2.07 bits per heavy atom. The molecule has 2 aliphatic rings. The molecular weight excluding hydrogens is 396 g/mol. The molecule has 2 amide bonds. The Bertz CT molecular complexity index is 1150. The van der Waals surface area contributed by atoms with Gasteiger partial charge < -0.3 is 19.9 Å². The molecule has 30 heavy (non-hydrogen) atoms. The largest absolute Gasteiger partial charge is 0.381 e. The molecule has 0 bridgehead atoms. The summed E-state index contributed by atoms with van der Waals surface area (Å²) in [6.07, 6.45) is 0.691. The highest BCUT2D eigenvalue weighted by molar-refractivity contribution is 5.98. The molecule has 1 saturated heterocycles. The summed E-state index contributed by atoms with van der Waals surface area (Å²) < 4.78 is 34.4. The van der Waals surface area contributed by atoms with Crippen LogP contribution >= 0.6 is 0 Å². The van der Waals surface area contributed by atoms with Crippen molar-refractivity contribution in [3.05, 3.63) is 47.3 Å². The van der Waals surface area contributed by atoms with E-state index in [9.17, 15) is 18.4 Å². The maximum Gasteiger partial charge on any atom is 0.270 e. The second-order valence-electron chi connectivity index (χ2n) is 7.55. The zero-order valence-electron chi connectivity index (χ0n) is 16.0. The van der Waals surface area contributed by atoms with E-state index < -0.39 is 11.6 Å². The number of rotatable bonds is 3. The average Bonchev–Trinajstić information content (AvgIpc) is 3.45. The van der Waals surface area contributed by atoms with E-state index in [1.54, 1.807) is 15.6 Å². The summed E-state index contributed by atoms with van der Waals surface area (Å²) in [5.74, 6) is -1.59. The first kappa shape index (κ1) is 18.7. The summed E-state index contributed by atoms with van der Waals surface area (Å²) in [5.41, 5.74) is 1.21. The van der Waals surface area contributed by atoms with Gasteiger partial charge in [-0.05, 0) is 18.6 Å². The SMILES string of the molecule is O=C(Nc1cc2n(n1)CCN(C(=O)c1cc3c(F)cc(F)cc3[nH]1)C2)C1CCOC1. The van der Waals surface area contributed by atoms with E-state index in [-0.39, 0.29) is 34.3 Å². The summed E-state index contributed by atoms with van der Waals surface area (Å²) in [5, 5.41) is 7.37. The number of fused-ring (bicyclic) bond motifs is 2. The van der Waals surface area contributed by atoms with Crippen LogP contribution in [-0.4, -0.2) is 51.2 Å². The van der Waals surface area contributed by atoms with E-state index in [2.05, 4.69) is 15.4 Å². The van der Waals surface area contributed by atoms with E-state index in [1.165, 1.54) is 6.07 Å².